The van der Waals surface area contributed by atoms with Crippen molar-refractivity contribution >= 4 is 5.97 Å². The number of hydrogen-bond acceptors (Lipinski definition) is 5. The van der Waals surface area contributed by atoms with E-state index in [1.54, 1.807) is 0 Å². The molecule has 0 fully saturated rings. The van der Waals surface area contributed by atoms with E-state index in [2.05, 4.69) is 0 Å². The maximum atomic E-state index is 10.4. The highest BCUT2D eigenvalue weighted by Crippen LogP contribution is 2.20. The van der Waals surface area contributed by atoms with Gasteiger partial charge in [-0.2, -0.15) is 0 Å². The topological polar surface area (TPSA) is 100 Å². The third kappa shape index (κ3) is 2.79. The van der Waals surface area contributed by atoms with Crippen LogP contribution in [0, 0.1) is 0 Å². The summed E-state index contributed by atoms with van der Waals surface area (Å²) in [7, 11) is 1.48. The zero-order chi connectivity index (χ0) is 11.4. The molecule has 0 aliphatic carbocycles. The number of carboxylic acid groups (broad SMARTS) is 1. The minimum atomic E-state index is -1.90. The number of methoxy groups -OCH3 is 1. The monoisotopic (exact) mass is 216 g/mol. The quantitative estimate of drug-likeness (QED) is 0.635. The average Bonchev–Trinajstić information content (AvgIpc) is 2.64. The Balaban J connectivity index is 2.73. The Bertz CT molecular complexity index is 331. The predicted octanol–water partition coefficient (Wildman–Crippen LogP) is -0.0951. The van der Waals surface area contributed by atoms with Gasteiger partial charge in [-0.25, -0.2) is 4.79 Å². The van der Waals surface area contributed by atoms with Gasteiger partial charge in [-0.15, -0.1) is 0 Å². The first-order chi connectivity index (χ1) is 7.06. The first-order valence-electron chi connectivity index (χ1n) is 4.22. The minimum absolute atomic E-state index is 0.00282. The first kappa shape index (κ1) is 11.7. The minimum Gasteiger partial charge on any atom is -0.479 e. The van der Waals surface area contributed by atoms with Crippen molar-refractivity contribution in [1.82, 2.24) is 0 Å². The van der Waals surface area contributed by atoms with Crippen molar-refractivity contribution < 1.29 is 29.3 Å². The van der Waals surface area contributed by atoms with Crippen LogP contribution in [0.25, 0.3) is 0 Å². The lowest BCUT2D eigenvalue weighted by Gasteiger charge is -2.10. The molecule has 0 radical (unpaired) electrons. The molecule has 6 nitrogen and oxygen atoms in total. The van der Waals surface area contributed by atoms with E-state index in [9.17, 15) is 9.90 Å². The second-order valence-electron chi connectivity index (χ2n) is 2.97. The molecule has 1 aromatic heterocycles. The molecule has 1 heterocycles. The fraction of sp³-hybridized carbons (Fsp3) is 0.444. The molecular formula is C9H12O6. The Labute approximate surface area is 85.7 Å². The van der Waals surface area contributed by atoms with Crippen LogP contribution in [0.4, 0.5) is 0 Å². The van der Waals surface area contributed by atoms with Crippen molar-refractivity contribution in [2.75, 3.05) is 7.11 Å². The Morgan fingerprint density at radius 2 is 2.20 bits per heavy atom. The van der Waals surface area contributed by atoms with Crippen molar-refractivity contribution in [3.63, 3.8) is 0 Å². The van der Waals surface area contributed by atoms with Gasteiger partial charge in [0.05, 0.1) is 0 Å². The van der Waals surface area contributed by atoms with Gasteiger partial charge in [-0.1, -0.05) is 0 Å². The number of aliphatic hydroxyl groups excluding tert-OH is 2. The summed E-state index contributed by atoms with van der Waals surface area (Å²) < 4.78 is 9.83. The van der Waals surface area contributed by atoms with E-state index in [1.807, 2.05) is 0 Å². The zero-order valence-corrected chi connectivity index (χ0v) is 8.08. The van der Waals surface area contributed by atoms with Crippen LogP contribution >= 0.6 is 0 Å². The predicted molar refractivity (Wildman–Crippen MR) is 48.0 cm³/mol. The number of carboxylic acids is 1. The maximum absolute atomic E-state index is 10.4. The summed E-state index contributed by atoms with van der Waals surface area (Å²) in [5.41, 5.74) is 0. The fourth-order valence-corrected chi connectivity index (χ4v) is 1.06. The molecule has 0 aliphatic rings. The van der Waals surface area contributed by atoms with Gasteiger partial charge in [0.15, 0.2) is 6.10 Å². The summed E-state index contributed by atoms with van der Waals surface area (Å²) in [5.74, 6) is -1.06. The highest BCUT2D eigenvalue weighted by molar-refractivity contribution is 5.72. The third-order valence-electron chi connectivity index (χ3n) is 1.81. The molecule has 0 amide bonds. The van der Waals surface area contributed by atoms with Crippen LogP contribution in [-0.4, -0.2) is 34.5 Å². The standard InChI is InChI=1S/C9H12O6/c1-14-4-5-2-3-6(15-5)7(10)8(11)9(12)13/h2-3,7-8,10-11H,4H2,1H3,(H,12,13). The number of furan rings is 1. The Morgan fingerprint density at radius 3 is 2.73 bits per heavy atom. The number of carbonyl (C=O) groups is 1. The van der Waals surface area contributed by atoms with Crippen LogP contribution in [0.1, 0.15) is 17.6 Å². The van der Waals surface area contributed by atoms with E-state index in [0.29, 0.717) is 5.76 Å². The molecule has 0 saturated carbocycles. The van der Waals surface area contributed by atoms with Gasteiger partial charge in [0, 0.05) is 7.11 Å². The van der Waals surface area contributed by atoms with Crippen molar-refractivity contribution in [2.24, 2.45) is 0 Å². The SMILES string of the molecule is COCc1ccc(C(O)C(O)C(=O)O)o1. The third-order valence-corrected chi connectivity index (χ3v) is 1.81. The molecule has 15 heavy (non-hydrogen) atoms. The van der Waals surface area contributed by atoms with E-state index in [-0.39, 0.29) is 12.4 Å². The Morgan fingerprint density at radius 1 is 1.53 bits per heavy atom. The summed E-state index contributed by atoms with van der Waals surface area (Å²) in [6.45, 7) is 0.218. The lowest BCUT2D eigenvalue weighted by Crippen LogP contribution is -2.27. The van der Waals surface area contributed by atoms with E-state index in [1.165, 1.54) is 19.2 Å². The lowest BCUT2D eigenvalue weighted by molar-refractivity contribution is -0.153. The molecule has 0 bridgehead atoms. The second-order valence-corrected chi connectivity index (χ2v) is 2.97. The van der Waals surface area contributed by atoms with Crippen molar-refractivity contribution in [3.05, 3.63) is 23.7 Å². The first-order valence-corrected chi connectivity index (χ1v) is 4.22. The summed E-state index contributed by atoms with van der Waals surface area (Å²) in [6.07, 6.45) is -3.47. The van der Waals surface area contributed by atoms with Gasteiger partial charge in [0.2, 0.25) is 0 Å². The highest BCUT2D eigenvalue weighted by atomic mass is 16.5. The summed E-state index contributed by atoms with van der Waals surface area (Å²) in [5, 5.41) is 26.9. The van der Waals surface area contributed by atoms with Gasteiger partial charge in [0.1, 0.15) is 24.2 Å². The van der Waals surface area contributed by atoms with Crippen LogP contribution in [-0.2, 0) is 16.1 Å². The van der Waals surface area contributed by atoms with Crippen LogP contribution in [0.3, 0.4) is 0 Å². The maximum Gasteiger partial charge on any atom is 0.335 e. The van der Waals surface area contributed by atoms with E-state index in [4.69, 9.17) is 19.4 Å². The van der Waals surface area contributed by atoms with E-state index < -0.39 is 18.2 Å². The number of aliphatic hydroxyl groups is 2. The van der Waals surface area contributed by atoms with Crippen LogP contribution in [0.15, 0.2) is 16.5 Å². The number of rotatable bonds is 5. The average molecular weight is 216 g/mol. The molecular weight excluding hydrogens is 204 g/mol. The number of hydrogen-bond donors (Lipinski definition) is 3. The largest absolute Gasteiger partial charge is 0.479 e. The van der Waals surface area contributed by atoms with E-state index in [0.717, 1.165) is 0 Å². The fourth-order valence-electron chi connectivity index (χ4n) is 1.06. The molecule has 6 heteroatoms. The Hall–Kier alpha value is -1.37. The molecule has 1 aromatic rings. The normalized spacial score (nSPS) is 14.9. The summed E-state index contributed by atoms with van der Waals surface area (Å²) in [6, 6.07) is 2.93. The summed E-state index contributed by atoms with van der Waals surface area (Å²) in [4.78, 5) is 10.4. The highest BCUT2D eigenvalue weighted by Gasteiger charge is 2.27. The van der Waals surface area contributed by atoms with Crippen LogP contribution in [0.5, 0.6) is 0 Å². The smallest absolute Gasteiger partial charge is 0.335 e. The second kappa shape index (κ2) is 4.92. The molecule has 2 unspecified atom stereocenters. The van der Waals surface area contributed by atoms with Gasteiger partial charge >= 0.3 is 5.97 Å². The van der Waals surface area contributed by atoms with Crippen LogP contribution in [0.2, 0.25) is 0 Å². The van der Waals surface area contributed by atoms with E-state index >= 15 is 0 Å². The molecule has 0 saturated heterocycles. The van der Waals surface area contributed by atoms with Crippen molar-refractivity contribution in [3.8, 4) is 0 Å². The Kier molecular flexibility index (Phi) is 3.84. The molecule has 0 aliphatic heterocycles. The molecule has 0 spiro atoms. The van der Waals surface area contributed by atoms with Gasteiger partial charge in [-0.3, -0.25) is 0 Å². The molecule has 84 valence electrons. The lowest BCUT2D eigenvalue weighted by atomic mass is 10.1. The number of aliphatic carboxylic acids is 1. The molecule has 3 N–H and O–H groups in total. The van der Waals surface area contributed by atoms with Crippen molar-refractivity contribution in [2.45, 2.75) is 18.8 Å². The molecule has 0 aromatic carbocycles. The number of ether oxygens (including phenoxy) is 1. The molecule has 2 atom stereocenters. The molecule has 1 rings (SSSR count). The van der Waals surface area contributed by atoms with Gasteiger partial charge in [0.25, 0.3) is 0 Å². The van der Waals surface area contributed by atoms with Gasteiger partial charge < -0.3 is 24.5 Å². The summed E-state index contributed by atoms with van der Waals surface area (Å²) >= 11 is 0. The van der Waals surface area contributed by atoms with Crippen LogP contribution < -0.4 is 0 Å². The zero-order valence-electron chi connectivity index (χ0n) is 8.08. The van der Waals surface area contributed by atoms with Gasteiger partial charge in [-0.05, 0) is 12.1 Å². The van der Waals surface area contributed by atoms with Crippen molar-refractivity contribution in [1.29, 1.82) is 0 Å².